The van der Waals surface area contributed by atoms with E-state index in [9.17, 15) is 0 Å². The van der Waals surface area contributed by atoms with Crippen LogP contribution in [0.1, 0.15) is 49.1 Å². The number of hydrogen-bond donors (Lipinski definition) is 1. The summed E-state index contributed by atoms with van der Waals surface area (Å²) in [6.45, 7) is 10.3. The average Bonchev–Trinajstić information content (AvgIpc) is 2.90. The van der Waals surface area contributed by atoms with Crippen LogP contribution in [0, 0.1) is 6.92 Å². The first kappa shape index (κ1) is 15.8. The second-order valence-corrected chi connectivity index (χ2v) is 6.64. The van der Waals surface area contributed by atoms with Crippen molar-refractivity contribution in [2.24, 2.45) is 0 Å². The first-order chi connectivity index (χ1) is 10.1. The van der Waals surface area contributed by atoms with Gasteiger partial charge < -0.3 is 10.1 Å². The van der Waals surface area contributed by atoms with Crippen molar-refractivity contribution in [2.45, 2.75) is 46.6 Å². The number of benzene rings is 1. The molecule has 2 aromatic rings. The van der Waals surface area contributed by atoms with Crippen LogP contribution in [0.3, 0.4) is 0 Å². The molecule has 0 bridgehead atoms. The number of thiazole rings is 1. The number of aromatic nitrogens is 1. The summed E-state index contributed by atoms with van der Waals surface area (Å²) in [5.41, 5.74) is 2.67. The van der Waals surface area contributed by atoms with Gasteiger partial charge in [0.05, 0.1) is 4.88 Å². The minimum atomic E-state index is 0.549. The largest absolute Gasteiger partial charge is 0.488 e. The van der Waals surface area contributed by atoms with E-state index in [1.807, 2.05) is 6.20 Å². The van der Waals surface area contributed by atoms with Gasteiger partial charge in [-0.3, -0.25) is 0 Å². The fourth-order valence-electron chi connectivity index (χ4n) is 2.23. The Morgan fingerprint density at radius 3 is 2.81 bits per heavy atom. The van der Waals surface area contributed by atoms with E-state index in [2.05, 4.69) is 56.2 Å². The zero-order chi connectivity index (χ0) is 15.2. The SMILES string of the molecule is CCCNc1ncc(COc2ccc(C(C)C)c(C)c2)s1. The van der Waals surface area contributed by atoms with Gasteiger partial charge in [-0.2, -0.15) is 0 Å². The molecule has 0 aliphatic heterocycles. The molecule has 2 rings (SSSR count). The molecule has 1 N–H and O–H groups in total. The van der Waals surface area contributed by atoms with Crippen molar-refractivity contribution in [3.05, 3.63) is 40.4 Å². The minimum absolute atomic E-state index is 0.549. The van der Waals surface area contributed by atoms with E-state index in [1.165, 1.54) is 11.1 Å². The maximum Gasteiger partial charge on any atom is 0.182 e. The minimum Gasteiger partial charge on any atom is -0.488 e. The lowest BCUT2D eigenvalue weighted by molar-refractivity contribution is 0.309. The molecule has 0 atom stereocenters. The third-order valence-electron chi connectivity index (χ3n) is 3.32. The molecule has 0 fully saturated rings. The number of ether oxygens (including phenoxy) is 1. The molecular formula is C17H24N2OS. The number of rotatable bonds is 7. The third kappa shape index (κ3) is 4.46. The molecule has 0 aliphatic rings. The number of nitrogens with zero attached hydrogens (tertiary/aromatic N) is 1. The first-order valence-electron chi connectivity index (χ1n) is 7.52. The van der Waals surface area contributed by atoms with Crippen LogP contribution in [0.5, 0.6) is 5.75 Å². The van der Waals surface area contributed by atoms with Gasteiger partial charge in [-0.15, -0.1) is 0 Å². The second kappa shape index (κ2) is 7.46. The molecule has 21 heavy (non-hydrogen) atoms. The zero-order valence-electron chi connectivity index (χ0n) is 13.3. The van der Waals surface area contributed by atoms with E-state index in [-0.39, 0.29) is 0 Å². The maximum absolute atomic E-state index is 5.87. The van der Waals surface area contributed by atoms with Crippen LogP contribution in [0.4, 0.5) is 5.13 Å². The second-order valence-electron chi connectivity index (χ2n) is 5.52. The summed E-state index contributed by atoms with van der Waals surface area (Å²) in [4.78, 5) is 5.49. The Morgan fingerprint density at radius 1 is 1.33 bits per heavy atom. The molecule has 0 aliphatic carbocycles. The van der Waals surface area contributed by atoms with E-state index >= 15 is 0 Å². The molecule has 1 aromatic carbocycles. The molecule has 0 saturated carbocycles. The summed E-state index contributed by atoms with van der Waals surface area (Å²) in [6, 6.07) is 6.34. The lowest BCUT2D eigenvalue weighted by Gasteiger charge is -2.12. The predicted molar refractivity (Wildman–Crippen MR) is 90.5 cm³/mol. The fourth-order valence-corrected chi connectivity index (χ4v) is 2.98. The molecular weight excluding hydrogens is 280 g/mol. The summed E-state index contributed by atoms with van der Waals surface area (Å²) < 4.78 is 5.87. The molecule has 0 unspecified atom stereocenters. The predicted octanol–water partition coefficient (Wildman–Crippen LogP) is 4.98. The Balaban J connectivity index is 1.93. The van der Waals surface area contributed by atoms with Gasteiger partial charge in [-0.05, 0) is 42.5 Å². The summed E-state index contributed by atoms with van der Waals surface area (Å²) >= 11 is 1.66. The number of hydrogen-bond acceptors (Lipinski definition) is 4. The lowest BCUT2D eigenvalue weighted by atomic mass is 9.98. The molecule has 0 radical (unpaired) electrons. The van der Waals surface area contributed by atoms with Crippen molar-refractivity contribution in [1.82, 2.24) is 4.98 Å². The van der Waals surface area contributed by atoms with Gasteiger partial charge in [0, 0.05) is 12.7 Å². The summed E-state index contributed by atoms with van der Waals surface area (Å²) in [5.74, 6) is 1.47. The van der Waals surface area contributed by atoms with E-state index in [1.54, 1.807) is 11.3 Å². The van der Waals surface area contributed by atoms with Crippen LogP contribution < -0.4 is 10.1 Å². The molecule has 0 spiro atoms. The Hall–Kier alpha value is -1.55. The summed E-state index contributed by atoms with van der Waals surface area (Å²) in [6.07, 6.45) is 2.99. The number of nitrogens with one attached hydrogen (secondary N) is 1. The highest BCUT2D eigenvalue weighted by Gasteiger charge is 2.06. The quantitative estimate of drug-likeness (QED) is 0.783. The molecule has 1 heterocycles. The van der Waals surface area contributed by atoms with E-state index < -0.39 is 0 Å². The van der Waals surface area contributed by atoms with Crippen molar-refractivity contribution >= 4 is 16.5 Å². The highest BCUT2D eigenvalue weighted by Crippen LogP contribution is 2.25. The van der Waals surface area contributed by atoms with Crippen molar-refractivity contribution in [3.63, 3.8) is 0 Å². The van der Waals surface area contributed by atoms with Crippen LogP contribution in [-0.2, 0) is 6.61 Å². The normalized spacial score (nSPS) is 10.9. The Labute approximate surface area is 131 Å². The molecule has 3 nitrogen and oxygen atoms in total. The molecule has 0 saturated heterocycles. The van der Waals surface area contributed by atoms with Gasteiger partial charge in [0.25, 0.3) is 0 Å². The van der Waals surface area contributed by atoms with Crippen LogP contribution >= 0.6 is 11.3 Å². The van der Waals surface area contributed by atoms with Gasteiger partial charge in [-0.1, -0.05) is 38.2 Å². The van der Waals surface area contributed by atoms with Gasteiger partial charge in [0.2, 0.25) is 0 Å². The number of aryl methyl sites for hydroxylation is 1. The first-order valence-corrected chi connectivity index (χ1v) is 8.33. The van der Waals surface area contributed by atoms with Crippen LogP contribution in [0.25, 0.3) is 0 Å². The monoisotopic (exact) mass is 304 g/mol. The summed E-state index contributed by atoms with van der Waals surface area (Å²) in [5, 5.41) is 4.27. The zero-order valence-corrected chi connectivity index (χ0v) is 14.1. The standard InChI is InChI=1S/C17H24N2OS/c1-5-8-18-17-19-10-15(21-17)11-20-14-6-7-16(12(2)3)13(4)9-14/h6-7,9-10,12H,5,8,11H2,1-4H3,(H,18,19). The van der Waals surface area contributed by atoms with Crippen LogP contribution in [0.15, 0.2) is 24.4 Å². The fraction of sp³-hybridized carbons (Fsp3) is 0.471. The van der Waals surface area contributed by atoms with E-state index in [4.69, 9.17) is 4.74 Å². The molecule has 4 heteroatoms. The Bertz CT molecular complexity index is 578. The Kier molecular flexibility index (Phi) is 5.62. The smallest absolute Gasteiger partial charge is 0.182 e. The molecule has 114 valence electrons. The van der Waals surface area contributed by atoms with Gasteiger partial charge in [0.15, 0.2) is 5.13 Å². The van der Waals surface area contributed by atoms with E-state index in [0.29, 0.717) is 12.5 Å². The topological polar surface area (TPSA) is 34.2 Å². The molecule has 1 aromatic heterocycles. The average molecular weight is 304 g/mol. The van der Waals surface area contributed by atoms with Crippen LogP contribution in [0.2, 0.25) is 0 Å². The van der Waals surface area contributed by atoms with E-state index in [0.717, 1.165) is 28.7 Å². The van der Waals surface area contributed by atoms with Gasteiger partial charge >= 0.3 is 0 Å². The highest BCUT2D eigenvalue weighted by molar-refractivity contribution is 7.15. The number of anilines is 1. The van der Waals surface area contributed by atoms with Crippen molar-refractivity contribution < 1.29 is 4.74 Å². The summed E-state index contributed by atoms with van der Waals surface area (Å²) in [7, 11) is 0. The van der Waals surface area contributed by atoms with Crippen molar-refractivity contribution in [1.29, 1.82) is 0 Å². The Morgan fingerprint density at radius 2 is 2.14 bits per heavy atom. The van der Waals surface area contributed by atoms with Gasteiger partial charge in [0.1, 0.15) is 12.4 Å². The highest BCUT2D eigenvalue weighted by atomic mass is 32.1. The maximum atomic E-state index is 5.87. The lowest BCUT2D eigenvalue weighted by Crippen LogP contribution is -1.98. The van der Waals surface area contributed by atoms with Crippen molar-refractivity contribution in [3.8, 4) is 5.75 Å². The van der Waals surface area contributed by atoms with Crippen molar-refractivity contribution in [2.75, 3.05) is 11.9 Å². The molecule has 0 amide bonds. The van der Waals surface area contributed by atoms with Crippen LogP contribution in [-0.4, -0.2) is 11.5 Å². The third-order valence-corrected chi connectivity index (χ3v) is 4.25. The van der Waals surface area contributed by atoms with Gasteiger partial charge in [-0.25, -0.2) is 4.98 Å².